The summed E-state index contributed by atoms with van der Waals surface area (Å²) < 4.78 is 0. The van der Waals surface area contributed by atoms with Gasteiger partial charge < -0.3 is 0 Å². The molecule has 1 heteroatoms. The van der Waals surface area contributed by atoms with E-state index in [0.717, 1.165) is 0 Å². The first-order valence-electron chi connectivity index (χ1n) is 5.24. The van der Waals surface area contributed by atoms with Crippen LogP contribution in [0.15, 0.2) is 12.2 Å². The molecule has 0 saturated carbocycles. The predicted octanol–water partition coefficient (Wildman–Crippen LogP) is 4.40. The van der Waals surface area contributed by atoms with Crippen molar-refractivity contribution in [1.29, 1.82) is 0 Å². The van der Waals surface area contributed by atoms with Gasteiger partial charge >= 0.3 is 0 Å². The zero-order valence-corrected chi connectivity index (χ0v) is 10.7. The van der Waals surface area contributed by atoms with Crippen LogP contribution in [-0.4, -0.2) is 16.5 Å². The number of hydrogen-bond donors (Lipinski definition) is 0. The Morgan fingerprint density at radius 2 is 1.54 bits per heavy atom. The number of hydrogen-bond acceptors (Lipinski definition) is 0. The van der Waals surface area contributed by atoms with E-state index in [0.29, 0.717) is 10.3 Å². The van der Waals surface area contributed by atoms with Crippen molar-refractivity contribution in [2.45, 2.75) is 57.8 Å². The van der Waals surface area contributed by atoms with Crippen LogP contribution in [0.5, 0.6) is 0 Å². The summed E-state index contributed by atoms with van der Waals surface area (Å²) >= 11 is 0. The monoisotopic (exact) mass is 198 g/mol. The Kier molecular flexibility index (Phi) is 2.93. The molecule has 1 aliphatic heterocycles. The van der Waals surface area contributed by atoms with E-state index in [2.05, 4.69) is 41.2 Å². The van der Waals surface area contributed by atoms with Crippen molar-refractivity contribution in [3.05, 3.63) is 12.2 Å². The average Bonchev–Trinajstić information content (AvgIpc) is 1.79. The predicted molar refractivity (Wildman–Crippen MR) is 64.0 cm³/mol. The maximum absolute atomic E-state index is 4.18. The van der Waals surface area contributed by atoms with Gasteiger partial charge in [0.25, 0.3) is 0 Å². The van der Waals surface area contributed by atoms with E-state index in [1.807, 2.05) is 0 Å². The molecular weight excluding hydrogens is 175 g/mol. The van der Waals surface area contributed by atoms with Crippen molar-refractivity contribution in [3.8, 4) is 0 Å². The summed E-state index contributed by atoms with van der Waals surface area (Å²) in [5.74, 6) is 0. The fourth-order valence-electron chi connectivity index (χ4n) is 3.15. The van der Waals surface area contributed by atoms with E-state index >= 15 is 0 Å². The normalized spacial score (nSPS) is 27.6. The van der Waals surface area contributed by atoms with E-state index in [9.17, 15) is 0 Å². The third-order valence-corrected chi connectivity index (χ3v) is 7.01. The first kappa shape index (κ1) is 11.2. The second-order valence-corrected chi connectivity index (χ2v) is 9.38. The summed E-state index contributed by atoms with van der Waals surface area (Å²) in [6.07, 6.45) is 3.86. The molecule has 13 heavy (non-hydrogen) atoms. The lowest BCUT2D eigenvalue weighted by molar-refractivity contribution is 0.553. The Hall–Kier alpha value is 0.170. The highest BCUT2D eigenvalue weighted by atomic mass is 31.1. The van der Waals surface area contributed by atoms with Crippen LogP contribution in [-0.2, 0) is 0 Å². The van der Waals surface area contributed by atoms with Crippen LogP contribution in [0, 0.1) is 0 Å². The van der Waals surface area contributed by atoms with Crippen molar-refractivity contribution in [3.63, 3.8) is 0 Å². The molecule has 0 N–H and O–H groups in total. The lowest BCUT2D eigenvalue weighted by Crippen LogP contribution is -2.36. The summed E-state index contributed by atoms with van der Waals surface area (Å²) in [4.78, 5) is 0. The maximum atomic E-state index is 4.18. The molecule has 1 saturated heterocycles. The van der Waals surface area contributed by atoms with E-state index in [1.165, 1.54) is 24.6 Å². The first-order valence-corrected chi connectivity index (χ1v) is 6.77. The van der Waals surface area contributed by atoms with Gasteiger partial charge in [0.1, 0.15) is 0 Å². The Bertz CT molecular complexity index is 193. The van der Waals surface area contributed by atoms with E-state index in [-0.39, 0.29) is 7.92 Å². The van der Waals surface area contributed by atoms with Gasteiger partial charge in [-0.2, -0.15) is 0 Å². The minimum atomic E-state index is 0.157. The molecule has 0 amide bonds. The van der Waals surface area contributed by atoms with Gasteiger partial charge in [-0.25, -0.2) is 0 Å². The maximum Gasteiger partial charge on any atom is -0.0109 e. The molecule has 0 nitrogen and oxygen atoms in total. The number of allylic oxidation sites excluding steroid dienone is 1. The average molecular weight is 198 g/mol. The van der Waals surface area contributed by atoms with Crippen molar-refractivity contribution in [2.75, 3.05) is 6.16 Å². The van der Waals surface area contributed by atoms with Crippen LogP contribution in [0.2, 0.25) is 0 Å². The molecule has 0 aromatic heterocycles. The largest absolute Gasteiger partial charge is 0.0998 e. The highest BCUT2D eigenvalue weighted by Crippen LogP contribution is 2.66. The van der Waals surface area contributed by atoms with Gasteiger partial charge in [0.05, 0.1) is 0 Å². The third kappa shape index (κ3) is 2.15. The molecule has 0 aliphatic carbocycles. The molecule has 0 atom stereocenters. The van der Waals surface area contributed by atoms with E-state index in [1.54, 1.807) is 0 Å². The number of rotatable bonds is 1. The second-order valence-electron chi connectivity index (χ2n) is 5.47. The van der Waals surface area contributed by atoms with E-state index in [4.69, 9.17) is 0 Å². The van der Waals surface area contributed by atoms with Crippen LogP contribution >= 0.6 is 7.92 Å². The molecule has 0 aromatic carbocycles. The van der Waals surface area contributed by atoms with Gasteiger partial charge in [0.2, 0.25) is 0 Å². The zero-order valence-electron chi connectivity index (χ0n) is 9.78. The molecule has 76 valence electrons. The lowest BCUT2D eigenvalue weighted by atomic mass is 9.94. The quantitative estimate of drug-likeness (QED) is 0.433. The summed E-state index contributed by atoms with van der Waals surface area (Å²) in [5, 5.41) is 1.03. The zero-order chi connectivity index (χ0) is 10.3. The Labute approximate surface area is 84.6 Å². The van der Waals surface area contributed by atoms with Gasteiger partial charge in [-0.05, 0) is 29.3 Å². The Balaban J connectivity index is 2.94. The molecule has 1 aliphatic rings. The van der Waals surface area contributed by atoms with Crippen LogP contribution in [0.3, 0.4) is 0 Å². The molecular formula is C12H23P. The topological polar surface area (TPSA) is 0 Å². The highest BCUT2D eigenvalue weighted by molar-refractivity contribution is 7.61. The van der Waals surface area contributed by atoms with Crippen molar-refractivity contribution in [2.24, 2.45) is 0 Å². The fourth-order valence-corrected chi connectivity index (χ4v) is 7.33. The van der Waals surface area contributed by atoms with Crippen LogP contribution in [0.4, 0.5) is 0 Å². The van der Waals surface area contributed by atoms with Gasteiger partial charge in [-0.15, -0.1) is 0 Å². The second kappa shape index (κ2) is 3.39. The fraction of sp³-hybridized carbons (Fsp3) is 0.833. The molecule has 0 bridgehead atoms. The molecule has 0 unspecified atom stereocenters. The van der Waals surface area contributed by atoms with Crippen molar-refractivity contribution >= 4 is 7.92 Å². The molecule has 1 heterocycles. The minimum absolute atomic E-state index is 0.157. The van der Waals surface area contributed by atoms with Crippen molar-refractivity contribution in [1.82, 2.24) is 0 Å². The summed E-state index contributed by atoms with van der Waals surface area (Å²) in [6.45, 7) is 16.2. The van der Waals surface area contributed by atoms with Crippen LogP contribution < -0.4 is 0 Å². The molecule has 0 aromatic rings. The van der Waals surface area contributed by atoms with Gasteiger partial charge in [0, 0.05) is 0 Å². The van der Waals surface area contributed by atoms with Gasteiger partial charge in [-0.1, -0.05) is 54.7 Å². The minimum Gasteiger partial charge on any atom is -0.0998 e. The Morgan fingerprint density at radius 1 is 1.15 bits per heavy atom. The third-order valence-electron chi connectivity index (χ3n) is 3.14. The highest BCUT2D eigenvalue weighted by Gasteiger charge is 2.43. The first-order chi connectivity index (χ1) is 5.79. The van der Waals surface area contributed by atoms with Crippen molar-refractivity contribution < 1.29 is 0 Å². The standard InChI is InChI=1S/C12H23P/c1-7-13-11(3,4)8-10(2)9-12(13,5)6/h2,7-9H2,1,3-6H3. The molecule has 1 fully saturated rings. The van der Waals surface area contributed by atoms with Crippen LogP contribution in [0.25, 0.3) is 0 Å². The molecule has 0 radical (unpaired) electrons. The van der Waals surface area contributed by atoms with Gasteiger partial charge in [0.15, 0.2) is 0 Å². The summed E-state index contributed by atoms with van der Waals surface area (Å²) in [6, 6.07) is 0. The lowest BCUT2D eigenvalue weighted by Gasteiger charge is -2.50. The molecule has 0 spiro atoms. The summed E-state index contributed by atoms with van der Waals surface area (Å²) in [5.41, 5.74) is 1.46. The van der Waals surface area contributed by atoms with Gasteiger partial charge in [-0.3, -0.25) is 0 Å². The van der Waals surface area contributed by atoms with Crippen LogP contribution in [0.1, 0.15) is 47.5 Å². The molecule has 1 rings (SSSR count). The van der Waals surface area contributed by atoms with E-state index < -0.39 is 0 Å². The smallest absolute Gasteiger partial charge is 0.0109 e. The SMILES string of the molecule is C=C1CC(C)(C)P(CC)C(C)(C)C1. The summed E-state index contributed by atoms with van der Waals surface area (Å²) in [7, 11) is 0.157. The Morgan fingerprint density at radius 3 is 1.85 bits per heavy atom.